The van der Waals surface area contributed by atoms with Crippen LogP contribution in [0.25, 0.3) is 33.1 Å². The lowest BCUT2D eigenvalue weighted by Gasteiger charge is -2.10. The number of rotatable bonds is 4. The number of para-hydroxylation sites is 1. The molecule has 0 N–H and O–H groups in total. The zero-order valence-electron chi connectivity index (χ0n) is 16.9. The first-order valence-electron chi connectivity index (χ1n) is 9.93. The number of benzene rings is 4. The standard InChI is InChI=1S/C26H19N3O2/c1-31-24-16-15-19(20-11-5-6-12-21(20)24)17-27-29-25(18-9-3-2-4-10-18)28-23-14-8-7-13-22(23)26(29)30/h2-17H,1H3. The van der Waals surface area contributed by atoms with Crippen LogP contribution in [0.2, 0.25) is 0 Å². The van der Waals surface area contributed by atoms with E-state index in [1.807, 2.05) is 84.9 Å². The summed E-state index contributed by atoms with van der Waals surface area (Å²) in [6, 6.07) is 28.7. The van der Waals surface area contributed by atoms with Crippen LogP contribution < -0.4 is 10.3 Å². The molecule has 0 aliphatic rings. The van der Waals surface area contributed by atoms with Crippen LogP contribution in [0.4, 0.5) is 0 Å². The van der Waals surface area contributed by atoms with E-state index in [9.17, 15) is 4.79 Å². The minimum absolute atomic E-state index is 0.210. The Morgan fingerprint density at radius 1 is 0.806 bits per heavy atom. The maximum Gasteiger partial charge on any atom is 0.282 e. The van der Waals surface area contributed by atoms with Crippen molar-refractivity contribution < 1.29 is 4.74 Å². The van der Waals surface area contributed by atoms with E-state index in [0.717, 1.165) is 27.6 Å². The number of nitrogens with zero attached hydrogens (tertiary/aromatic N) is 3. The highest BCUT2D eigenvalue weighted by Crippen LogP contribution is 2.27. The van der Waals surface area contributed by atoms with Crippen molar-refractivity contribution in [2.45, 2.75) is 0 Å². The van der Waals surface area contributed by atoms with E-state index < -0.39 is 0 Å². The van der Waals surface area contributed by atoms with Crippen molar-refractivity contribution >= 4 is 27.9 Å². The van der Waals surface area contributed by atoms with Crippen molar-refractivity contribution in [3.05, 3.63) is 107 Å². The molecule has 0 saturated heterocycles. The Bertz CT molecular complexity index is 1490. The molecule has 5 aromatic rings. The molecule has 31 heavy (non-hydrogen) atoms. The van der Waals surface area contributed by atoms with Gasteiger partial charge in [-0.1, -0.05) is 66.7 Å². The molecule has 0 saturated carbocycles. The van der Waals surface area contributed by atoms with Crippen LogP contribution in [0.3, 0.4) is 0 Å². The second-order valence-electron chi connectivity index (χ2n) is 7.08. The second kappa shape index (κ2) is 7.88. The first-order valence-corrected chi connectivity index (χ1v) is 9.93. The first-order chi connectivity index (χ1) is 15.3. The van der Waals surface area contributed by atoms with Gasteiger partial charge in [0.25, 0.3) is 5.56 Å². The highest BCUT2D eigenvalue weighted by atomic mass is 16.5. The molecule has 0 fully saturated rings. The average Bonchev–Trinajstić information content (AvgIpc) is 2.84. The fourth-order valence-electron chi connectivity index (χ4n) is 3.71. The van der Waals surface area contributed by atoms with Crippen molar-refractivity contribution in [3.8, 4) is 17.1 Å². The van der Waals surface area contributed by atoms with Crippen molar-refractivity contribution in [3.63, 3.8) is 0 Å². The summed E-state index contributed by atoms with van der Waals surface area (Å²) in [5, 5.41) is 7.09. The molecule has 0 atom stereocenters. The van der Waals surface area contributed by atoms with Gasteiger partial charge in [-0.15, -0.1) is 0 Å². The van der Waals surface area contributed by atoms with E-state index in [1.54, 1.807) is 19.4 Å². The molecule has 5 rings (SSSR count). The molecule has 0 radical (unpaired) electrons. The fourth-order valence-corrected chi connectivity index (χ4v) is 3.71. The number of ether oxygens (including phenoxy) is 1. The predicted octanol–water partition coefficient (Wildman–Crippen LogP) is 5.11. The summed E-state index contributed by atoms with van der Waals surface area (Å²) < 4.78 is 6.85. The van der Waals surface area contributed by atoms with Gasteiger partial charge in [0, 0.05) is 16.5 Å². The van der Waals surface area contributed by atoms with Gasteiger partial charge in [0.2, 0.25) is 0 Å². The second-order valence-corrected chi connectivity index (χ2v) is 7.08. The van der Waals surface area contributed by atoms with Crippen molar-refractivity contribution in [1.29, 1.82) is 0 Å². The zero-order chi connectivity index (χ0) is 21.2. The van der Waals surface area contributed by atoms with Crippen LogP contribution in [0.15, 0.2) is 101 Å². The maximum atomic E-state index is 13.3. The molecular formula is C26H19N3O2. The Morgan fingerprint density at radius 2 is 1.48 bits per heavy atom. The SMILES string of the molecule is COc1ccc(C=Nn2c(-c3ccccc3)nc3ccccc3c2=O)c2ccccc12. The third-order valence-corrected chi connectivity index (χ3v) is 5.24. The third kappa shape index (κ3) is 3.36. The van der Waals surface area contributed by atoms with Crippen LogP contribution in [0.5, 0.6) is 5.75 Å². The Labute approximate surface area is 178 Å². The van der Waals surface area contributed by atoms with E-state index in [-0.39, 0.29) is 5.56 Å². The maximum absolute atomic E-state index is 13.3. The van der Waals surface area contributed by atoms with Crippen LogP contribution in [-0.2, 0) is 0 Å². The molecule has 0 aliphatic heterocycles. The monoisotopic (exact) mass is 405 g/mol. The average molecular weight is 405 g/mol. The van der Waals surface area contributed by atoms with Gasteiger partial charge in [0.05, 0.1) is 24.2 Å². The molecule has 1 heterocycles. The van der Waals surface area contributed by atoms with Crippen LogP contribution in [0.1, 0.15) is 5.56 Å². The van der Waals surface area contributed by atoms with Crippen molar-refractivity contribution in [2.75, 3.05) is 7.11 Å². The lowest BCUT2D eigenvalue weighted by molar-refractivity contribution is 0.420. The van der Waals surface area contributed by atoms with E-state index in [4.69, 9.17) is 9.72 Å². The number of aromatic nitrogens is 2. The minimum Gasteiger partial charge on any atom is -0.496 e. The Kier molecular flexibility index (Phi) is 4.77. The van der Waals surface area contributed by atoms with Crippen LogP contribution in [-0.4, -0.2) is 23.0 Å². The summed E-state index contributed by atoms with van der Waals surface area (Å²) in [5.74, 6) is 1.29. The summed E-state index contributed by atoms with van der Waals surface area (Å²) >= 11 is 0. The smallest absolute Gasteiger partial charge is 0.282 e. The molecular weight excluding hydrogens is 386 g/mol. The van der Waals surface area contributed by atoms with E-state index in [1.165, 1.54) is 4.68 Å². The molecule has 0 amide bonds. The van der Waals surface area contributed by atoms with E-state index in [0.29, 0.717) is 16.7 Å². The molecule has 1 aromatic heterocycles. The summed E-state index contributed by atoms with van der Waals surface area (Å²) in [7, 11) is 1.65. The lowest BCUT2D eigenvalue weighted by Crippen LogP contribution is -2.20. The van der Waals surface area contributed by atoms with E-state index in [2.05, 4.69) is 5.10 Å². The fraction of sp³-hybridized carbons (Fsp3) is 0.0385. The van der Waals surface area contributed by atoms with E-state index >= 15 is 0 Å². The molecule has 0 aliphatic carbocycles. The van der Waals surface area contributed by atoms with Crippen LogP contribution >= 0.6 is 0 Å². The van der Waals surface area contributed by atoms with Gasteiger partial charge in [-0.25, -0.2) is 4.98 Å². The quantitative estimate of drug-likeness (QED) is 0.391. The van der Waals surface area contributed by atoms with Gasteiger partial charge in [-0.05, 0) is 29.7 Å². The molecule has 5 nitrogen and oxygen atoms in total. The molecule has 0 bridgehead atoms. The van der Waals surface area contributed by atoms with Gasteiger partial charge >= 0.3 is 0 Å². The Hall–Kier alpha value is -4.25. The summed E-state index contributed by atoms with van der Waals surface area (Å²) in [4.78, 5) is 18.0. The van der Waals surface area contributed by atoms with Gasteiger partial charge in [0.15, 0.2) is 5.82 Å². The van der Waals surface area contributed by atoms with Crippen molar-refractivity contribution in [1.82, 2.24) is 9.66 Å². The zero-order valence-corrected chi connectivity index (χ0v) is 16.9. The summed E-state index contributed by atoms with van der Waals surface area (Å²) in [5.41, 5.74) is 2.14. The van der Waals surface area contributed by atoms with Gasteiger partial charge < -0.3 is 4.74 Å². The van der Waals surface area contributed by atoms with Crippen molar-refractivity contribution in [2.24, 2.45) is 5.10 Å². The molecule has 0 spiro atoms. The number of fused-ring (bicyclic) bond motifs is 2. The molecule has 5 heteroatoms. The predicted molar refractivity (Wildman–Crippen MR) is 125 cm³/mol. The molecule has 4 aromatic carbocycles. The summed E-state index contributed by atoms with van der Waals surface area (Å²) in [6.07, 6.45) is 1.70. The summed E-state index contributed by atoms with van der Waals surface area (Å²) in [6.45, 7) is 0. The molecule has 0 unspecified atom stereocenters. The highest BCUT2D eigenvalue weighted by molar-refractivity contribution is 6.02. The Balaban J connectivity index is 1.73. The normalized spacial score (nSPS) is 11.4. The number of hydrogen-bond acceptors (Lipinski definition) is 4. The largest absolute Gasteiger partial charge is 0.496 e. The third-order valence-electron chi connectivity index (χ3n) is 5.24. The van der Waals surface area contributed by atoms with Gasteiger partial charge in [-0.2, -0.15) is 9.78 Å². The topological polar surface area (TPSA) is 56.5 Å². The lowest BCUT2D eigenvalue weighted by atomic mass is 10.0. The Morgan fingerprint density at radius 3 is 2.26 bits per heavy atom. The molecule has 150 valence electrons. The number of hydrogen-bond donors (Lipinski definition) is 0. The van der Waals surface area contributed by atoms with Gasteiger partial charge in [-0.3, -0.25) is 4.79 Å². The number of methoxy groups -OCH3 is 1. The van der Waals surface area contributed by atoms with Crippen LogP contribution in [0, 0.1) is 0 Å². The minimum atomic E-state index is -0.210. The van der Waals surface area contributed by atoms with Gasteiger partial charge in [0.1, 0.15) is 5.75 Å². The first kappa shape index (κ1) is 18.8. The highest BCUT2D eigenvalue weighted by Gasteiger charge is 2.12.